The molecule has 0 rings (SSSR count). The maximum atomic E-state index is 11.4. The van der Waals surface area contributed by atoms with Gasteiger partial charge < -0.3 is 0 Å². The number of carbonyl (C=O) groups excluding carboxylic acids is 4. The van der Waals surface area contributed by atoms with Crippen molar-refractivity contribution in [3.63, 3.8) is 0 Å². The third-order valence-electron chi connectivity index (χ3n) is 2.19. The van der Waals surface area contributed by atoms with Gasteiger partial charge >= 0.3 is 117 Å². The molecule has 0 bridgehead atoms. The van der Waals surface area contributed by atoms with Gasteiger partial charge in [0.05, 0.1) is 0 Å². The van der Waals surface area contributed by atoms with E-state index in [1.54, 1.807) is 23.7 Å². The van der Waals surface area contributed by atoms with E-state index in [1.807, 2.05) is 0 Å². The third-order valence-corrected chi connectivity index (χ3v) is 6.30. The number of hydrogen-bond donors (Lipinski definition) is 0. The van der Waals surface area contributed by atoms with Crippen LogP contribution in [0.25, 0.3) is 0 Å². The summed E-state index contributed by atoms with van der Waals surface area (Å²) in [5, 5.41) is 0. The first kappa shape index (κ1) is 18.1. The second-order valence-electron chi connectivity index (χ2n) is 4.49. The van der Waals surface area contributed by atoms with Crippen LogP contribution in [0, 0.1) is 0 Å². The van der Waals surface area contributed by atoms with Gasteiger partial charge in [-0.3, -0.25) is 0 Å². The number of ketones is 2. The molecule has 0 aliphatic rings. The van der Waals surface area contributed by atoms with E-state index in [0.29, 0.717) is 0 Å². The maximum absolute atomic E-state index is 11.4. The molecular weight excluding hydrogens is 359 g/mol. The molecule has 0 aliphatic heterocycles. The Bertz CT molecular complexity index is 340. The molecule has 0 radical (unpaired) electrons. The Kier molecular flexibility index (Phi) is 7.89. The van der Waals surface area contributed by atoms with Crippen molar-refractivity contribution in [2.24, 2.45) is 0 Å². The van der Waals surface area contributed by atoms with Gasteiger partial charge in [0.15, 0.2) is 0 Å². The Balaban J connectivity index is 4.31. The summed E-state index contributed by atoms with van der Waals surface area (Å²) in [5.74, 6) is -1.77. The summed E-state index contributed by atoms with van der Waals surface area (Å²) in [4.78, 5) is 48.2. The molecular formula is C12H20O6Sn. The van der Waals surface area contributed by atoms with Crippen molar-refractivity contribution < 1.29 is 25.3 Å². The first-order chi connectivity index (χ1) is 8.70. The topological polar surface area (TPSA) is 86.7 Å². The predicted octanol–water partition coefficient (Wildman–Crippen LogP) is 1.51. The molecule has 0 aromatic rings. The van der Waals surface area contributed by atoms with Crippen LogP contribution in [0.1, 0.15) is 39.5 Å². The molecule has 0 aromatic carbocycles. The molecule has 0 heterocycles. The first-order valence-corrected chi connectivity index (χ1v) is 14.2. The van der Waals surface area contributed by atoms with Crippen molar-refractivity contribution in [2.45, 2.75) is 49.4 Å². The second-order valence-corrected chi connectivity index (χ2v) is 13.6. The summed E-state index contributed by atoms with van der Waals surface area (Å²) in [5.41, 5.74) is 0. The Morgan fingerprint density at radius 2 is 1.11 bits per heavy atom. The Morgan fingerprint density at radius 3 is 1.37 bits per heavy atom. The van der Waals surface area contributed by atoms with Gasteiger partial charge in [-0.25, -0.2) is 0 Å². The van der Waals surface area contributed by atoms with E-state index < -0.39 is 31.1 Å². The minimum atomic E-state index is -3.76. The predicted molar refractivity (Wildman–Crippen MR) is 69.5 cm³/mol. The molecule has 0 fully saturated rings. The standard InChI is InChI=1S/2C5H8O3.2CH3.Sn/c2*1-2-4(6)3-5(7)8;;;/h2*2-3H2,1H3,(H,7,8);2*1H3;/q;;;;+2/p-2. The Hall–Kier alpha value is -0.921. The number of hydrogen-bond acceptors (Lipinski definition) is 6. The van der Waals surface area contributed by atoms with Crippen LogP contribution < -0.4 is 0 Å². The van der Waals surface area contributed by atoms with E-state index in [2.05, 4.69) is 0 Å². The van der Waals surface area contributed by atoms with Crippen LogP contribution in [0.2, 0.25) is 9.88 Å². The summed E-state index contributed by atoms with van der Waals surface area (Å²) in [6, 6.07) is 0. The van der Waals surface area contributed by atoms with E-state index >= 15 is 0 Å². The molecule has 0 atom stereocenters. The van der Waals surface area contributed by atoms with Crippen molar-refractivity contribution in [3.05, 3.63) is 0 Å². The van der Waals surface area contributed by atoms with Crippen LogP contribution in [0.5, 0.6) is 0 Å². The summed E-state index contributed by atoms with van der Waals surface area (Å²) in [6.07, 6.45) is -0.0870. The molecule has 108 valence electrons. The van der Waals surface area contributed by atoms with Crippen LogP contribution in [0.3, 0.4) is 0 Å². The van der Waals surface area contributed by atoms with Crippen LogP contribution in [-0.4, -0.2) is 42.7 Å². The van der Waals surface area contributed by atoms with Crippen LogP contribution >= 0.6 is 0 Å². The average molecular weight is 379 g/mol. The molecule has 0 aliphatic carbocycles. The molecule has 0 saturated carbocycles. The monoisotopic (exact) mass is 380 g/mol. The Labute approximate surface area is 117 Å². The van der Waals surface area contributed by atoms with E-state index in [9.17, 15) is 19.2 Å². The van der Waals surface area contributed by atoms with Gasteiger partial charge in [0.2, 0.25) is 0 Å². The van der Waals surface area contributed by atoms with Crippen molar-refractivity contribution in [2.75, 3.05) is 0 Å². The van der Waals surface area contributed by atoms with Crippen molar-refractivity contribution in [3.8, 4) is 0 Å². The summed E-state index contributed by atoms with van der Waals surface area (Å²) < 4.78 is 10.2. The SMILES string of the molecule is CCC(=O)CC(=O)[O][Sn]([CH3])([CH3])[O]C(=O)CC(=O)CC. The molecule has 7 heteroatoms. The van der Waals surface area contributed by atoms with Gasteiger partial charge in [-0.05, 0) is 0 Å². The first-order valence-electron chi connectivity index (χ1n) is 6.17. The Morgan fingerprint density at radius 1 is 0.789 bits per heavy atom. The molecule has 19 heavy (non-hydrogen) atoms. The van der Waals surface area contributed by atoms with Gasteiger partial charge in [-0.2, -0.15) is 0 Å². The fourth-order valence-corrected chi connectivity index (χ4v) is 4.87. The third kappa shape index (κ3) is 8.74. The van der Waals surface area contributed by atoms with E-state index in [4.69, 9.17) is 6.15 Å². The summed E-state index contributed by atoms with van der Waals surface area (Å²) >= 11 is -3.76. The number of carbonyl (C=O) groups is 4. The van der Waals surface area contributed by atoms with Gasteiger partial charge in [-0.15, -0.1) is 0 Å². The van der Waals surface area contributed by atoms with E-state index in [0.717, 1.165) is 0 Å². The van der Waals surface area contributed by atoms with Crippen LogP contribution in [0.4, 0.5) is 0 Å². The number of Topliss-reactive ketones (excluding diaryl/α,β-unsaturated/α-hetero) is 2. The summed E-state index contributed by atoms with van der Waals surface area (Å²) in [7, 11) is 0. The molecule has 0 spiro atoms. The average Bonchev–Trinajstić information content (AvgIpc) is 2.26. The van der Waals surface area contributed by atoms with Gasteiger partial charge in [0.1, 0.15) is 0 Å². The molecule has 0 aromatic heterocycles. The normalized spacial score (nSPS) is 10.7. The van der Waals surface area contributed by atoms with E-state index in [-0.39, 0.29) is 37.2 Å². The molecule has 0 unspecified atom stereocenters. The van der Waals surface area contributed by atoms with Crippen molar-refractivity contribution in [1.29, 1.82) is 0 Å². The zero-order valence-corrected chi connectivity index (χ0v) is 14.6. The zero-order valence-electron chi connectivity index (χ0n) is 11.8. The molecule has 6 nitrogen and oxygen atoms in total. The van der Waals surface area contributed by atoms with E-state index in [1.165, 1.54) is 0 Å². The molecule has 0 N–H and O–H groups in total. The molecule has 0 saturated heterocycles. The second kappa shape index (κ2) is 8.29. The van der Waals surface area contributed by atoms with Gasteiger partial charge in [0, 0.05) is 0 Å². The minimum absolute atomic E-state index is 0.223. The summed E-state index contributed by atoms with van der Waals surface area (Å²) in [6.45, 7) is 3.31. The quantitative estimate of drug-likeness (QED) is 0.470. The van der Waals surface area contributed by atoms with Gasteiger partial charge in [-0.1, -0.05) is 0 Å². The fourth-order valence-electron chi connectivity index (χ4n) is 1.21. The van der Waals surface area contributed by atoms with Crippen molar-refractivity contribution >= 4 is 42.7 Å². The fraction of sp³-hybridized carbons (Fsp3) is 0.667. The van der Waals surface area contributed by atoms with Gasteiger partial charge in [0.25, 0.3) is 0 Å². The zero-order chi connectivity index (χ0) is 15.1. The number of rotatable bonds is 8. The van der Waals surface area contributed by atoms with Crippen LogP contribution in [0.15, 0.2) is 0 Å². The van der Waals surface area contributed by atoms with Crippen molar-refractivity contribution in [1.82, 2.24) is 0 Å². The molecule has 0 amide bonds. The van der Waals surface area contributed by atoms with Crippen LogP contribution in [-0.2, 0) is 25.3 Å².